The van der Waals surface area contributed by atoms with Crippen LogP contribution in [0, 0.1) is 0 Å². The molecule has 1 aliphatic heterocycles. The predicted molar refractivity (Wildman–Crippen MR) is 93.9 cm³/mol. The van der Waals surface area contributed by atoms with Crippen LogP contribution < -0.4 is 10.0 Å². The Hall–Kier alpha value is -0.370. The number of hydrogen-bond acceptors (Lipinski definition) is 4. The molecule has 0 spiro atoms. The van der Waals surface area contributed by atoms with E-state index in [-0.39, 0.29) is 12.0 Å². The van der Waals surface area contributed by atoms with Crippen LogP contribution in [0.5, 0.6) is 0 Å². The highest BCUT2D eigenvalue weighted by Gasteiger charge is 2.26. The van der Waals surface area contributed by atoms with Crippen LogP contribution in [0.2, 0.25) is 10.0 Å². The van der Waals surface area contributed by atoms with Gasteiger partial charge in [0.25, 0.3) is 0 Å². The molecular formula is C15H22Cl2N2O3S. The summed E-state index contributed by atoms with van der Waals surface area (Å²) in [4.78, 5) is 0. The van der Waals surface area contributed by atoms with Crippen LogP contribution in [0.1, 0.15) is 24.3 Å². The molecule has 130 valence electrons. The summed E-state index contributed by atoms with van der Waals surface area (Å²) in [5.41, 5.74) is 1.08. The Morgan fingerprint density at radius 2 is 2.13 bits per heavy atom. The Kier molecular flexibility index (Phi) is 7.13. The fraction of sp³-hybridized carbons (Fsp3) is 0.600. The van der Waals surface area contributed by atoms with E-state index >= 15 is 0 Å². The molecule has 1 aromatic rings. The third kappa shape index (κ3) is 6.21. The van der Waals surface area contributed by atoms with Gasteiger partial charge in [0.05, 0.1) is 29.0 Å². The molecule has 5 nitrogen and oxygen atoms in total. The van der Waals surface area contributed by atoms with E-state index < -0.39 is 10.0 Å². The summed E-state index contributed by atoms with van der Waals surface area (Å²) in [6, 6.07) is 5.65. The molecule has 1 aromatic carbocycles. The maximum atomic E-state index is 11.1. The molecule has 1 fully saturated rings. The van der Waals surface area contributed by atoms with Crippen molar-refractivity contribution in [2.75, 3.05) is 32.5 Å². The van der Waals surface area contributed by atoms with E-state index in [0.29, 0.717) is 23.2 Å². The van der Waals surface area contributed by atoms with Crippen LogP contribution in [0.25, 0.3) is 0 Å². The summed E-state index contributed by atoms with van der Waals surface area (Å²) in [6.07, 6.45) is 2.67. The molecule has 0 aliphatic carbocycles. The van der Waals surface area contributed by atoms with Crippen LogP contribution in [-0.4, -0.2) is 47.0 Å². The van der Waals surface area contributed by atoms with Gasteiger partial charge in [0.2, 0.25) is 10.0 Å². The molecule has 1 aliphatic rings. The van der Waals surface area contributed by atoms with Crippen molar-refractivity contribution in [2.45, 2.75) is 24.9 Å². The summed E-state index contributed by atoms with van der Waals surface area (Å²) < 4.78 is 30.7. The molecule has 1 heterocycles. The quantitative estimate of drug-likeness (QED) is 0.743. The lowest BCUT2D eigenvalue weighted by atomic mass is 9.90. The lowest BCUT2D eigenvalue weighted by molar-refractivity contribution is 0.0450. The zero-order chi connectivity index (χ0) is 16.9. The third-order valence-corrected chi connectivity index (χ3v) is 5.29. The minimum atomic E-state index is -3.15. The number of rotatable bonds is 6. The van der Waals surface area contributed by atoms with Gasteiger partial charge in [0.15, 0.2) is 0 Å². The minimum absolute atomic E-state index is 0.0172. The predicted octanol–water partition coefficient (Wildman–Crippen LogP) is 2.39. The molecule has 2 N–H and O–H groups in total. The number of benzene rings is 1. The van der Waals surface area contributed by atoms with Crippen molar-refractivity contribution >= 4 is 33.2 Å². The number of halogens is 2. The molecule has 23 heavy (non-hydrogen) atoms. The van der Waals surface area contributed by atoms with E-state index in [4.69, 9.17) is 27.9 Å². The lowest BCUT2D eigenvalue weighted by Crippen LogP contribution is -2.29. The second kappa shape index (κ2) is 8.65. The molecule has 1 unspecified atom stereocenters. The second-order valence-corrected chi connectivity index (χ2v) is 8.35. The molecule has 2 atom stereocenters. The van der Waals surface area contributed by atoms with Crippen LogP contribution in [0.15, 0.2) is 18.2 Å². The Morgan fingerprint density at radius 3 is 2.83 bits per heavy atom. The van der Waals surface area contributed by atoms with Crippen molar-refractivity contribution in [1.29, 1.82) is 0 Å². The van der Waals surface area contributed by atoms with Crippen molar-refractivity contribution in [3.63, 3.8) is 0 Å². The van der Waals surface area contributed by atoms with Crippen molar-refractivity contribution in [3.05, 3.63) is 33.8 Å². The number of nitrogens with one attached hydrogen (secondary N) is 2. The number of sulfonamides is 1. The van der Waals surface area contributed by atoms with Gasteiger partial charge in [-0.05, 0) is 30.5 Å². The van der Waals surface area contributed by atoms with Gasteiger partial charge >= 0.3 is 0 Å². The fourth-order valence-corrected chi connectivity index (χ4v) is 3.53. The SMILES string of the molecule is CS(=O)(=O)NCCCC1OCCNC[C@H]1c1ccc(Cl)c(Cl)c1. The zero-order valence-electron chi connectivity index (χ0n) is 13.0. The van der Waals surface area contributed by atoms with Gasteiger partial charge in [0.1, 0.15) is 0 Å². The smallest absolute Gasteiger partial charge is 0.208 e. The summed E-state index contributed by atoms with van der Waals surface area (Å²) in [7, 11) is -3.15. The van der Waals surface area contributed by atoms with Crippen LogP contribution in [0.3, 0.4) is 0 Å². The first kappa shape index (κ1) is 19.0. The van der Waals surface area contributed by atoms with Crippen molar-refractivity contribution in [3.8, 4) is 0 Å². The minimum Gasteiger partial charge on any atom is -0.376 e. The van der Waals surface area contributed by atoms with Crippen LogP contribution >= 0.6 is 23.2 Å². The second-order valence-electron chi connectivity index (χ2n) is 5.70. The molecule has 0 saturated carbocycles. The van der Waals surface area contributed by atoms with Gasteiger partial charge in [-0.1, -0.05) is 29.3 Å². The largest absolute Gasteiger partial charge is 0.376 e. The lowest BCUT2D eigenvalue weighted by Gasteiger charge is -2.25. The first-order valence-corrected chi connectivity index (χ1v) is 10.2. The highest BCUT2D eigenvalue weighted by molar-refractivity contribution is 7.88. The Labute approximate surface area is 147 Å². The molecule has 0 bridgehead atoms. The first-order chi connectivity index (χ1) is 10.9. The van der Waals surface area contributed by atoms with E-state index in [2.05, 4.69) is 10.0 Å². The van der Waals surface area contributed by atoms with Gasteiger partial charge in [-0.3, -0.25) is 0 Å². The van der Waals surface area contributed by atoms with Crippen molar-refractivity contribution < 1.29 is 13.2 Å². The van der Waals surface area contributed by atoms with Crippen LogP contribution in [0.4, 0.5) is 0 Å². The van der Waals surface area contributed by atoms with Gasteiger partial charge in [-0.25, -0.2) is 13.1 Å². The highest BCUT2D eigenvalue weighted by atomic mass is 35.5. The van der Waals surface area contributed by atoms with Gasteiger partial charge in [-0.2, -0.15) is 0 Å². The number of hydrogen-bond donors (Lipinski definition) is 2. The molecule has 0 radical (unpaired) electrons. The van der Waals surface area contributed by atoms with E-state index in [0.717, 1.165) is 37.8 Å². The standard InChI is InChI=1S/C15H22Cl2N2O3S/c1-23(20,21)19-6-2-3-15-12(10-18-7-8-22-15)11-4-5-13(16)14(17)9-11/h4-5,9,12,15,18-19H,2-3,6-8,10H2,1H3/t12-,15?/m0/s1. The molecule has 0 aromatic heterocycles. The summed E-state index contributed by atoms with van der Waals surface area (Å²) >= 11 is 12.1. The average Bonchev–Trinajstić information content (AvgIpc) is 2.71. The molecule has 0 amide bonds. The molecular weight excluding hydrogens is 359 g/mol. The van der Waals surface area contributed by atoms with E-state index in [1.54, 1.807) is 6.07 Å². The first-order valence-electron chi connectivity index (χ1n) is 7.59. The Bertz CT molecular complexity index is 625. The highest BCUT2D eigenvalue weighted by Crippen LogP contribution is 2.31. The van der Waals surface area contributed by atoms with Gasteiger partial charge in [0, 0.05) is 25.6 Å². The molecule has 1 saturated heterocycles. The maximum absolute atomic E-state index is 11.1. The average molecular weight is 381 g/mol. The summed E-state index contributed by atoms with van der Waals surface area (Å²) in [6.45, 7) is 2.65. The maximum Gasteiger partial charge on any atom is 0.208 e. The zero-order valence-corrected chi connectivity index (χ0v) is 15.3. The number of ether oxygens (including phenoxy) is 1. The van der Waals surface area contributed by atoms with Gasteiger partial charge < -0.3 is 10.1 Å². The summed E-state index contributed by atoms with van der Waals surface area (Å²) in [5.74, 6) is 0.158. The molecule has 2 rings (SSSR count). The third-order valence-electron chi connectivity index (χ3n) is 3.83. The van der Waals surface area contributed by atoms with E-state index in [9.17, 15) is 8.42 Å². The van der Waals surface area contributed by atoms with E-state index in [1.165, 1.54) is 0 Å². The van der Waals surface area contributed by atoms with Crippen molar-refractivity contribution in [1.82, 2.24) is 10.0 Å². The van der Waals surface area contributed by atoms with Crippen molar-refractivity contribution in [2.24, 2.45) is 0 Å². The monoisotopic (exact) mass is 380 g/mol. The van der Waals surface area contributed by atoms with Crippen LogP contribution in [-0.2, 0) is 14.8 Å². The molecule has 8 heteroatoms. The summed E-state index contributed by atoms with van der Waals surface area (Å²) in [5, 5.41) is 4.43. The fourth-order valence-electron chi connectivity index (χ4n) is 2.71. The topological polar surface area (TPSA) is 67.4 Å². The Balaban J connectivity index is 2.02. The Morgan fingerprint density at radius 1 is 1.35 bits per heavy atom. The normalized spacial score (nSPS) is 22.7. The van der Waals surface area contributed by atoms with Gasteiger partial charge in [-0.15, -0.1) is 0 Å². The van der Waals surface area contributed by atoms with E-state index in [1.807, 2.05) is 12.1 Å².